The summed E-state index contributed by atoms with van der Waals surface area (Å²) in [5, 5.41) is 10.2. The number of unbranched alkanes of at least 4 members (excludes halogenated alkanes) is 1. The largest absolute Gasteiger partial charge is 0.378 e. The van der Waals surface area contributed by atoms with Crippen LogP contribution in [0.5, 0.6) is 0 Å². The number of nitrogens with one attached hydrogen (secondary N) is 6. The van der Waals surface area contributed by atoms with Gasteiger partial charge in [-0.25, -0.2) is 5.43 Å². The van der Waals surface area contributed by atoms with Crippen molar-refractivity contribution in [1.82, 2.24) is 32.3 Å². The molecular formula is C26H46N6O4. The molecule has 0 aromatic rings. The van der Waals surface area contributed by atoms with Crippen LogP contribution in [-0.2, 0) is 19.2 Å². The third kappa shape index (κ3) is 6.76. The molecule has 3 heterocycles. The number of amides is 2. The van der Waals surface area contributed by atoms with E-state index in [2.05, 4.69) is 32.3 Å². The first-order valence-corrected chi connectivity index (χ1v) is 14.5. The lowest BCUT2D eigenvalue weighted by atomic mass is 9.76. The summed E-state index contributed by atoms with van der Waals surface area (Å²) in [6.45, 7) is 2.50. The summed E-state index contributed by atoms with van der Waals surface area (Å²) >= 11 is 0. The van der Waals surface area contributed by atoms with Gasteiger partial charge in [0.15, 0.2) is 0 Å². The fourth-order valence-electron chi connectivity index (χ4n) is 6.97. The number of carbonyl (C=O) groups is 2. The number of fused-ring (bicyclic) bond motifs is 2. The third-order valence-corrected chi connectivity index (χ3v) is 9.04. The minimum Gasteiger partial charge on any atom is -0.378 e. The summed E-state index contributed by atoms with van der Waals surface area (Å²) in [5.41, 5.74) is 9.19. The van der Waals surface area contributed by atoms with E-state index in [-0.39, 0.29) is 36.3 Å². The van der Waals surface area contributed by atoms with Crippen LogP contribution in [0.3, 0.4) is 0 Å². The van der Waals surface area contributed by atoms with Crippen LogP contribution in [0.4, 0.5) is 0 Å². The predicted molar refractivity (Wildman–Crippen MR) is 135 cm³/mol. The number of hydrogen-bond donors (Lipinski definition) is 6. The maximum Gasteiger partial charge on any atom is 0.237 e. The molecule has 10 nitrogen and oxygen atoms in total. The molecule has 8 atom stereocenters. The SMILES string of the molecule is O=C(CCCC1NC(C2CCC3OCCC3C2)NO1)NCCCCNC1NNC(=O)C2CCCCC12. The first-order chi connectivity index (χ1) is 17.7. The van der Waals surface area contributed by atoms with Crippen LogP contribution in [0, 0.1) is 23.7 Å². The molecule has 3 aliphatic heterocycles. The van der Waals surface area contributed by atoms with E-state index < -0.39 is 0 Å². The molecule has 0 radical (unpaired) electrons. The van der Waals surface area contributed by atoms with Gasteiger partial charge >= 0.3 is 0 Å². The Bertz CT molecular complexity index is 741. The van der Waals surface area contributed by atoms with Gasteiger partial charge in [0.1, 0.15) is 6.23 Å². The molecule has 3 saturated heterocycles. The fraction of sp³-hybridized carbons (Fsp3) is 0.923. The topological polar surface area (TPSA) is 125 Å². The van der Waals surface area contributed by atoms with Gasteiger partial charge in [-0.3, -0.25) is 25.2 Å². The fourth-order valence-corrected chi connectivity index (χ4v) is 6.97. The Labute approximate surface area is 215 Å². The van der Waals surface area contributed by atoms with E-state index in [0.717, 1.165) is 64.5 Å². The highest BCUT2D eigenvalue weighted by molar-refractivity contribution is 5.79. The second-order valence-corrected chi connectivity index (χ2v) is 11.5. The lowest BCUT2D eigenvalue weighted by Crippen LogP contribution is -2.64. The zero-order chi connectivity index (χ0) is 24.7. The van der Waals surface area contributed by atoms with Gasteiger partial charge in [-0.2, -0.15) is 5.48 Å². The number of hydrogen-bond acceptors (Lipinski definition) is 8. The van der Waals surface area contributed by atoms with Crippen LogP contribution in [0.25, 0.3) is 0 Å². The lowest BCUT2D eigenvalue weighted by molar-refractivity contribution is -0.134. The Balaban J connectivity index is 0.879. The van der Waals surface area contributed by atoms with Gasteiger partial charge in [0, 0.05) is 31.4 Å². The van der Waals surface area contributed by atoms with Gasteiger partial charge in [0.05, 0.1) is 18.4 Å². The van der Waals surface area contributed by atoms with Gasteiger partial charge in [-0.1, -0.05) is 12.8 Å². The van der Waals surface area contributed by atoms with E-state index >= 15 is 0 Å². The number of hydrazine groups is 1. The van der Waals surface area contributed by atoms with E-state index in [1.54, 1.807) is 0 Å². The smallest absolute Gasteiger partial charge is 0.237 e. The maximum atomic E-state index is 12.2. The van der Waals surface area contributed by atoms with Gasteiger partial charge < -0.3 is 15.4 Å². The van der Waals surface area contributed by atoms with Crippen LogP contribution in [0.2, 0.25) is 0 Å². The van der Waals surface area contributed by atoms with Crippen molar-refractivity contribution >= 4 is 11.8 Å². The number of hydroxylamine groups is 1. The summed E-state index contributed by atoms with van der Waals surface area (Å²) in [6.07, 6.45) is 14.1. The van der Waals surface area contributed by atoms with E-state index in [0.29, 0.717) is 36.8 Å². The Hall–Kier alpha value is -1.30. The Morgan fingerprint density at radius 1 is 1.00 bits per heavy atom. The highest BCUT2D eigenvalue weighted by Gasteiger charge is 2.41. The molecular weight excluding hydrogens is 460 g/mol. The van der Waals surface area contributed by atoms with Crippen molar-refractivity contribution in [3.05, 3.63) is 0 Å². The summed E-state index contributed by atoms with van der Waals surface area (Å²) in [6, 6.07) is 0. The quantitative estimate of drug-likeness (QED) is 0.232. The Kier molecular flexibility index (Phi) is 9.48. The zero-order valence-electron chi connectivity index (χ0n) is 21.6. The van der Waals surface area contributed by atoms with Crippen molar-refractivity contribution in [1.29, 1.82) is 0 Å². The van der Waals surface area contributed by atoms with Crippen LogP contribution in [0.1, 0.15) is 83.5 Å². The molecule has 2 amide bonds. The molecule has 0 spiro atoms. The molecule has 10 heteroatoms. The number of ether oxygens (including phenoxy) is 1. The molecule has 0 aromatic carbocycles. The van der Waals surface area contributed by atoms with Crippen molar-refractivity contribution < 1.29 is 19.2 Å². The van der Waals surface area contributed by atoms with E-state index in [4.69, 9.17) is 9.57 Å². The highest BCUT2D eigenvalue weighted by Crippen LogP contribution is 2.39. The summed E-state index contributed by atoms with van der Waals surface area (Å²) in [4.78, 5) is 30.1. The van der Waals surface area contributed by atoms with E-state index in [1.807, 2.05) is 0 Å². The van der Waals surface area contributed by atoms with Gasteiger partial charge in [-0.15, -0.1) is 0 Å². The average Bonchev–Trinajstić information content (AvgIpc) is 3.57. The minimum atomic E-state index is -0.0200. The molecule has 6 N–H and O–H groups in total. The first kappa shape index (κ1) is 26.3. The molecule has 5 rings (SSSR count). The Morgan fingerprint density at radius 3 is 2.83 bits per heavy atom. The molecule has 36 heavy (non-hydrogen) atoms. The molecule has 2 saturated carbocycles. The maximum absolute atomic E-state index is 12.2. The van der Waals surface area contributed by atoms with Gasteiger partial charge in [0.2, 0.25) is 11.8 Å². The molecule has 5 aliphatic rings. The van der Waals surface area contributed by atoms with Crippen LogP contribution < -0.4 is 32.3 Å². The van der Waals surface area contributed by atoms with Crippen molar-refractivity contribution in [3.8, 4) is 0 Å². The molecule has 0 bridgehead atoms. The van der Waals surface area contributed by atoms with Crippen LogP contribution in [0.15, 0.2) is 0 Å². The third-order valence-electron chi connectivity index (χ3n) is 9.04. The number of rotatable bonds is 11. The molecule has 5 fully saturated rings. The summed E-state index contributed by atoms with van der Waals surface area (Å²) < 4.78 is 5.83. The monoisotopic (exact) mass is 506 g/mol. The normalized spacial score (nSPS) is 38.3. The standard InChI is InChI=1S/C26H46N6O4/c33-22(27-13-3-4-14-28-25-19-6-1-2-7-20(19)26(34)31-30-25)8-5-9-23-29-24(32-36-23)18-10-11-21-17(16-18)12-15-35-21/h17-21,23-25,28-30,32H,1-16H2,(H,27,33)(H,31,34). The summed E-state index contributed by atoms with van der Waals surface area (Å²) in [5.74, 6) is 2.09. The molecule has 8 unspecified atom stereocenters. The molecule has 0 aromatic heterocycles. The highest BCUT2D eigenvalue weighted by atomic mass is 16.7. The Morgan fingerprint density at radius 2 is 1.89 bits per heavy atom. The predicted octanol–water partition coefficient (Wildman–Crippen LogP) is 1.39. The van der Waals surface area contributed by atoms with Crippen molar-refractivity contribution in [3.63, 3.8) is 0 Å². The van der Waals surface area contributed by atoms with E-state index in [9.17, 15) is 9.59 Å². The van der Waals surface area contributed by atoms with Crippen molar-refractivity contribution in [2.24, 2.45) is 23.7 Å². The average molecular weight is 507 g/mol. The summed E-state index contributed by atoms with van der Waals surface area (Å²) in [7, 11) is 0. The lowest BCUT2D eigenvalue weighted by Gasteiger charge is -2.41. The van der Waals surface area contributed by atoms with Crippen LogP contribution in [-0.4, -0.2) is 56.2 Å². The van der Waals surface area contributed by atoms with Crippen molar-refractivity contribution in [2.45, 2.75) is 108 Å². The molecule has 2 aliphatic carbocycles. The van der Waals surface area contributed by atoms with E-state index in [1.165, 1.54) is 25.7 Å². The number of carbonyl (C=O) groups excluding carboxylic acids is 2. The first-order valence-electron chi connectivity index (χ1n) is 14.5. The second-order valence-electron chi connectivity index (χ2n) is 11.5. The minimum absolute atomic E-state index is 0.0200. The molecule has 204 valence electrons. The second kappa shape index (κ2) is 13.0. The van der Waals surface area contributed by atoms with Crippen LogP contribution >= 0.6 is 0 Å². The zero-order valence-corrected chi connectivity index (χ0v) is 21.6. The van der Waals surface area contributed by atoms with Gasteiger partial charge in [-0.05, 0) is 82.6 Å². The van der Waals surface area contributed by atoms with Gasteiger partial charge in [0.25, 0.3) is 0 Å². The van der Waals surface area contributed by atoms with Crippen molar-refractivity contribution in [2.75, 3.05) is 19.7 Å².